The average molecular weight is 750 g/mol. The summed E-state index contributed by atoms with van der Waals surface area (Å²) in [5.74, 6) is 0.0989. The molecule has 0 aliphatic heterocycles. The lowest BCUT2D eigenvalue weighted by Gasteiger charge is -2.36. The van der Waals surface area contributed by atoms with Gasteiger partial charge in [-0.1, -0.05) is 153 Å². The Morgan fingerprint density at radius 2 is 1.33 bits per heavy atom. The molecule has 0 radical (unpaired) electrons. The lowest BCUT2D eigenvalue weighted by molar-refractivity contribution is -0.113. The quantitative estimate of drug-likeness (QED) is 0.0675. The Morgan fingerprint density at radius 1 is 0.764 bits per heavy atom. The fourth-order valence-corrected chi connectivity index (χ4v) is 7.21. The molecule has 0 atom stereocenters. The van der Waals surface area contributed by atoms with Crippen molar-refractivity contribution in [2.24, 2.45) is 0 Å². The third kappa shape index (κ3) is 7.28. The zero-order valence-corrected chi connectivity index (χ0v) is 31.4. The number of amides is 1. The zero-order valence-electron chi connectivity index (χ0n) is 30.6. The number of methoxy groups -OCH3 is 1. The van der Waals surface area contributed by atoms with E-state index in [1.165, 1.54) is 7.11 Å². The van der Waals surface area contributed by atoms with E-state index in [9.17, 15) is 9.59 Å². The van der Waals surface area contributed by atoms with Gasteiger partial charge in [0, 0.05) is 18.5 Å². The van der Waals surface area contributed by atoms with Crippen LogP contribution < -0.4 is 5.32 Å². The van der Waals surface area contributed by atoms with Crippen molar-refractivity contribution in [3.63, 3.8) is 0 Å². The van der Waals surface area contributed by atoms with Crippen LogP contribution in [0.5, 0.6) is 0 Å². The first-order chi connectivity index (χ1) is 27.0. The normalized spacial score (nSPS) is 11.3. The topological polar surface area (TPSA) is 117 Å². The van der Waals surface area contributed by atoms with Crippen LogP contribution in [-0.4, -0.2) is 54.6 Å². The van der Waals surface area contributed by atoms with Crippen LogP contribution in [0.3, 0.4) is 0 Å². The Bertz CT molecular complexity index is 2280. The molecule has 11 heteroatoms. The summed E-state index contributed by atoms with van der Waals surface area (Å²) in [6.45, 7) is 2.42. The number of aryl methyl sites for hydroxylation is 1. The van der Waals surface area contributed by atoms with Crippen molar-refractivity contribution < 1.29 is 14.3 Å². The highest BCUT2D eigenvalue weighted by atomic mass is 35.5. The number of tetrazole rings is 1. The fraction of sp³-hybridized carbons (Fsp3) is 0.182. The van der Waals surface area contributed by atoms with Crippen molar-refractivity contribution in [1.29, 1.82) is 0 Å². The Morgan fingerprint density at radius 3 is 1.87 bits per heavy atom. The summed E-state index contributed by atoms with van der Waals surface area (Å²) in [4.78, 5) is 30.0. The van der Waals surface area contributed by atoms with E-state index in [2.05, 4.69) is 77.0 Å². The fourth-order valence-electron chi connectivity index (χ4n) is 7.14. The van der Waals surface area contributed by atoms with Gasteiger partial charge in [0.15, 0.2) is 17.3 Å². The van der Waals surface area contributed by atoms with Gasteiger partial charge >= 0.3 is 5.97 Å². The summed E-state index contributed by atoms with van der Waals surface area (Å²) < 4.78 is 8.88. The van der Waals surface area contributed by atoms with Gasteiger partial charge in [-0.2, -0.15) is 0 Å². The molecule has 0 aliphatic carbocycles. The van der Waals surface area contributed by atoms with Crippen LogP contribution in [0, 0.1) is 0 Å². The van der Waals surface area contributed by atoms with Crippen molar-refractivity contribution in [3.05, 3.63) is 173 Å². The first kappa shape index (κ1) is 36.9. The summed E-state index contributed by atoms with van der Waals surface area (Å²) >= 11 is 5.78. The lowest BCUT2D eigenvalue weighted by atomic mass is 9.77. The molecule has 0 saturated heterocycles. The van der Waals surface area contributed by atoms with Crippen LogP contribution in [0.1, 0.15) is 58.3 Å². The Balaban J connectivity index is 1.32. The second-order valence-corrected chi connectivity index (χ2v) is 13.3. The Labute approximate surface area is 324 Å². The maximum absolute atomic E-state index is 13.1. The predicted octanol–water partition coefficient (Wildman–Crippen LogP) is 8.40. The van der Waals surface area contributed by atoms with E-state index in [0.29, 0.717) is 24.6 Å². The SMILES string of the molecule is CCCCc1nc(NC(=O)CCl)c(C(=O)OC)n1Cc1ccc(-c2ccccc2-c2nnnn2C(c2ccccc2)(c2ccccc2)c2ccccc2)cc1. The zero-order chi connectivity index (χ0) is 38.2. The van der Waals surface area contributed by atoms with Crippen LogP contribution in [0.25, 0.3) is 22.5 Å². The summed E-state index contributed by atoms with van der Waals surface area (Å²) in [5, 5.41) is 16.4. The molecule has 55 heavy (non-hydrogen) atoms. The molecule has 0 bridgehead atoms. The third-order valence-corrected chi connectivity index (χ3v) is 9.94. The lowest BCUT2D eigenvalue weighted by Crippen LogP contribution is -2.39. The highest BCUT2D eigenvalue weighted by Gasteiger charge is 2.42. The number of hydrogen-bond donors (Lipinski definition) is 1. The van der Waals surface area contributed by atoms with Crippen LogP contribution >= 0.6 is 11.6 Å². The maximum atomic E-state index is 13.1. The number of benzene rings is 5. The number of carbonyl (C=O) groups is 2. The number of rotatable bonds is 14. The predicted molar refractivity (Wildman–Crippen MR) is 214 cm³/mol. The molecule has 0 saturated carbocycles. The van der Waals surface area contributed by atoms with Crippen molar-refractivity contribution in [2.75, 3.05) is 18.3 Å². The number of anilines is 1. The van der Waals surface area contributed by atoms with Crippen molar-refractivity contribution in [1.82, 2.24) is 29.8 Å². The number of carbonyl (C=O) groups excluding carboxylic acids is 2. The van der Waals surface area contributed by atoms with Gasteiger partial charge in [0.05, 0.1) is 7.11 Å². The molecule has 0 fully saturated rings. The van der Waals surface area contributed by atoms with Crippen molar-refractivity contribution in [3.8, 4) is 22.5 Å². The van der Waals surface area contributed by atoms with Gasteiger partial charge in [-0.15, -0.1) is 16.7 Å². The number of alkyl halides is 1. The number of ether oxygens (including phenoxy) is 1. The smallest absolute Gasteiger partial charge is 0.358 e. The summed E-state index contributed by atoms with van der Waals surface area (Å²) in [6.07, 6.45) is 2.41. The van der Waals surface area contributed by atoms with E-state index in [1.54, 1.807) is 0 Å². The molecule has 1 amide bonds. The van der Waals surface area contributed by atoms with Crippen molar-refractivity contribution >= 4 is 29.3 Å². The molecule has 0 aliphatic rings. The van der Waals surface area contributed by atoms with Crippen LogP contribution in [0.4, 0.5) is 5.82 Å². The number of hydrogen-bond acceptors (Lipinski definition) is 7. The van der Waals surface area contributed by atoms with Gasteiger partial charge in [-0.3, -0.25) is 4.79 Å². The van der Waals surface area contributed by atoms with Gasteiger partial charge in [0.1, 0.15) is 17.2 Å². The molecule has 2 heterocycles. The van der Waals surface area contributed by atoms with Crippen LogP contribution in [-0.2, 0) is 28.0 Å². The van der Waals surface area contributed by atoms with E-state index in [-0.39, 0.29) is 17.4 Å². The number of imidazole rings is 1. The van der Waals surface area contributed by atoms with E-state index in [1.807, 2.05) is 94.2 Å². The van der Waals surface area contributed by atoms with Gasteiger partial charge in [-0.05, 0) is 50.2 Å². The highest BCUT2D eigenvalue weighted by Crippen LogP contribution is 2.43. The summed E-state index contributed by atoms with van der Waals surface area (Å²) in [5.41, 5.74) is 5.99. The maximum Gasteiger partial charge on any atom is 0.358 e. The molecule has 7 rings (SSSR count). The minimum atomic E-state index is -0.903. The molecule has 5 aromatic carbocycles. The average Bonchev–Trinajstić information content (AvgIpc) is 3.86. The van der Waals surface area contributed by atoms with E-state index in [0.717, 1.165) is 51.8 Å². The third-order valence-electron chi connectivity index (χ3n) is 9.69. The molecule has 1 N–H and O–H groups in total. The van der Waals surface area contributed by atoms with Gasteiger partial charge in [0.25, 0.3) is 0 Å². The molecular weight excluding hydrogens is 710 g/mol. The number of unbranched alkanes of at least 4 members (excludes halogenated alkanes) is 1. The number of aromatic nitrogens is 6. The molecule has 2 aromatic heterocycles. The Hall–Kier alpha value is -6.39. The van der Waals surface area contributed by atoms with Gasteiger partial charge < -0.3 is 14.6 Å². The molecular formula is C44H40ClN7O3. The van der Waals surface area contributed by atoms with E-state index < -0.39 is 17.4 Å². The minimum absolute atomic E-state index is 0.143. The van der Waals surface area contributed by atoms with Gasteiger partial charge in [-0.25, -0.2) is 14.5 Å². The first-order valence-electron chi connectivity index (χ1n) is 18.2. The van der Waals surface area contributed by atoms with Crippen LogP contribution in [0.2, 0.25) is 0 Å². The minimum Gasteiger partial charge on any atom is -0.464 e. The molecule has 7 aromatic rings. The molecule has 276 valence electrons. The standard InChI is InChI=1S/C44H40ClN7O3/c1-3-4-24-38-46-41(47-39(53)29-45)40(43(54)55-2)51(38)30-31-25-27-32(28-26-31)36-22-14-15-23-37(36)42-48-49-50-52(42)44(33-16-8-5-9-17-33,34-18-10-6-11-19-34)35-20-12-7-13-21-35/h5-23,25-28H,3-4,24,29-30H2,1-2H3,(H,47,53). The van der Waals surface area contributed by atoms with Crippen molar-refractivity contribution in [2.45, 2.75) is 38.3 Å². The van der Waals surface area contributed by atoms with Gasteiger partial charge in [0.2, 0.25) is 5.91 Å². The van der Waals surface area contributed by atoms with E-state index in [4.69, 9.17) is 26.6 Å². The largest absolute Gasteiger partial charge is 0.464 e. The molecule has 0 unspecified atom stereocenters. The molecule has 0 spiro atoms. The summed E-state index contributed by atoms with van der Waals surface area (Å²) in [7, 11) is 1.31. The number of nitrogens with zero attached hydrogens (tertiary/aromatic N) is 6. The number of halogens is 1. The van der Waals surface area contributed by atoms with Crippen LogP contribution in [0.15, 0.2) is 140 Å². The second kappa shape index (κ2) is 16.7. The monoisotopic (exact) mass is 749 g/mol. The summed E-state index contributed by atoms with van der Waals surface area (Å²) in [6, 6.07) is 47.2. The number of esters is 1. The number of nitrogens with one attached hydrogen (secondary N) is 1. The second-order valence-electron chi connectivity index (χ2n) is 13.1. The highest BCUT2D eigenvalue weighted by molar-refractivity contribution is 6.29. The molecule has 10 nitrogen and oxygen atoms in total. The first-order valence-corrected chi connectivity index (χ1v) is 18.7. The Kier molecular flexibility index (Phi) is 11.2. The van der Waals surface area contributed by atoms with E-state index >= 15 is 0 Å².